The van der Waals surface area contributed by atoms with Gasteiger partial charge in [-0.15, -0.1) is 0 Å². The molecule has 2 aromatic carbocycles. The van der Waals surface area contributed by atoms with E-state index in [0.29, 0.717) is 28.9 Å². The Labute approximate surface area is 157 Å². The number of aryl methyl sites for hydroxylation is 1. The summed E-state index contributed by atoms with van der Waals surface area (Å²) < 4.78 is 1.84. The fraction of sp³-hybridized carbons (Fsp3) is 0.273. The minimum absolute atomic E-state index is 0.00626. The highest BCUT2D eigenvalue weighted by Gasteiger charge is 2.29. The third kappa shape index (κ3) is 3.64. The molecule has 0 aliphatic heterocycles. The van der Waals surface area contributed by atoms with Crippen molar-refractivity contribution in [1.82, 2.24) is 9.55 Å². The van der Waals surface area contributed by atoms with Crippen LogP contribution >= 0.6 is 0 Å². The second-order valence-electron chi connectivity index (χ2n) is 7.04. The van der Waals surface area contributed by atoms with E-state index in [9.17, 15) is 9.90 Å². The molecule has 3 N–H and O–H groups in total. The van der Waals surface area contributed by atoms with Gasteiger partial charge in [0, 0.05) is 12.5 Å². The van der Waals surface area contributed by atoms with E-state index in [1.807, 2.05) is 22.8 Å². The van der Waals surface area contributed by atoms with Crippen LogP contribution in [0.5, 0.6) is 0 Å². The van der Waals surface area contributed by atoms with E-state index in [2.05, 4.69) is 12.1 Å². The summed E-state index contributed by atoms with van der Waals surface area (Å²) in [6.07, 6.45) is 4.96. The van der Waals surface area contributed by atoms with Crippen molar-refractivity contribution in [3.63, 3.8) is 0 Å². The first-order chi connectivity index (χ1) is 13.2. The molecule has 5 heteroatoms. The van der Waals surface area contributed by atoms with Crippen molar-refractivity contribution in [2.75, 3.05) is 0 Å². The van der Waals surface area contributed by atoms with E-state index in [4.69, 9.17) is 10.7 Å². The van der Waals surface area contributed by atoms with Crippen molar-refractivity contribution >= 4 is 10.9 Å². The lowest BCUT2D eigenvalue weighted by molar-refractivity contribution is 0.228. The molecule has 1 aliphatic carbocycles. The summed E-state index contributed by atoms with van der Waals surface area (Å²) in [6.45, 7) is 0.623. The number of aliphatic hydroxyl groups is 1. The lowest BCUT2D eigenvalue weighted by Gasteiger charge is -2.14. The molecule has 1 fully saturated rings. The predicted molar refractivity (Wildman–Crippen MR) is 106 cm³/mol. The minimum Gasteiger partial charge on any atom is -0.405 e. The number of benzene rings is 2. The summed E-state index contributed by atoms with van der Waals surface area (Å²) in [5.74, 6) is 1.22. The number of aliphatic hydroxyl groups excluding tert-OH is 1. The molecule has 1 heterocycles. The summed E-state index contributed by atoms with van der Waals surface area (Å²) in [5.41, 5.74) is 7.89. The Hall–Kier alpha value is -2.92. The van der Waals surface area contributed by atoms with Crippen molar-refractivity contribution in [3.05, 3.63) is 88.1 Å². The number of fused-ring (bicyclic) bond motifs is 1. The Morgan fingerprint density at radius 3 is 2.70 bits per heavy atom. The van der Waals surface area contributed by atoms with E-state index in [1.54, 1.807) is 18.2 Å². The van der Waals surface area contributed by atoms with Crippen LogP contribution in [0.25, 0.3) is 10.9 Å². The van der Waals surface area contributed by atoms with Gasteiger partial charge >= 0.3 is 0 Å². The molecule has 1 aliphatic rings. The number of nitrogens with two attached hydrogens (primary N) is 1. The largest absolute Gasteiger partial charge is 0.405 e. The maximum atomic E-state index is 13.1. The molecule has 1 unspecified atom stereocenters. The highest BCUT2D eigenvalue weighted by Crippen LogP contribution is 2.39. The van der Waals surface area contributed by atoms with Gasteiger partial charge in [-0.2, -0.15) is 0 Å². The van der Waals surface area contributed by atoms with Gasteiger partial charge in [-0.1, -0.05) is 36.4 Å². The Kier molecular flexibility index (Phi) is 4.77. The SMILES string of the molecule is N/C=C/C(O)c1ccc2c(=O)n(CCc3ccccc3)c(C3CC3)nc2c1. The summed E-state index contributed by atoms with van der Waals surface area (Å²) >= 11 is 0. The number of aromatic nitrogens is 2. The second-order valence-corrected chi connectivity index (χ2v) is 7.04. The Balaban J connectivity index is 1.74. The topological polar surface area (TPSA) is 81.1 Å². The molecule has 3 aromatic rings. The van der Waals surface area contributed by atoms with Crippen molar-refractivity contribution in [1.29, 1.82) is 0 Å². The maximum absolute atomic E-state index is 13.1. The molecule has 0 amide bonds. The van der Waals surface area contributed by atoms with Crippen LogP contribution in [0.1, 0.15) is 41.8 Å². The fourth-order valence-electron chi connectivity index (χ4n) is 3.41. The molecule has 1 atom stereocenters. The van der Waals surface area contributed by atoms with Gasteiger partial charge < -0.3 is 10.8 Å². The van der Waals surface area contributed by atoms with Gasteiger partial charge in [0.25, 0.3) is 5.56 Å². The zero-order valence-electron chi connectivity index (χ0n) is 15.1. The summed E-state index contributed by atoms with van der Waals surface area (Å²) in [5, 5.41) is 10.7. The van der Waals surface area contributed by atoms with Crippen LogP contribution in [-0.2, 0) is 13.0 Å². The van der Waals surface area contributed by atoms with E-state index >= 15 is 0 Å². The van der Waals surface area contributed by atoms with Gasteiger partial charge in [0.15, 0.2) is 0 Å². The fourth-order valence-corrected chi connectivity index (χ4v) is 3.41. The zero-order chi connectivity index (χ0) is 18.8. The highest BCUT2D eigenvalue weighted by atomic mass is 16.3. The lowest BCUT2D eigenvalue weighted by atomic mass is 10.1. The van der Waals surface area contributed by atoms with E-state index in [-0.39, 0.29) is 5.56 Å². The van der Waals surface area contributed by atoms with Crippen LogP contribution < -0.4 is 11.3 Å². The molecule has 5 nitrogen and oxygen atoms in total. The van der Waals surface area contributed by atoms with Crippen molar-refractivity contribution < 1.29 is 5.11 Å². The molecule has 27 heavy (non-hydrogen) atoms. The zero-order valence-corrected chi connectivity index (χ0v) is 15.1. The molecule has 0 spiro atoms. The van der Waals surface area contributed by atoms with Crippen LogP contribution in [0.3, 0.4) is 0 Å². The number of rotatable bonds is 6. The van der Waals surface area contributed by atoms with Gasteiger partial charge in [0.1, 0.15) is 5.82 Å². The summed E-state index contributed by atoms with van der Waals surface area (Å²) in [4.78, 5) is 17.9. The molecule has 1 aromatic heterocycles. The van der Waals surface area contributed by atoms with Gasteiger partial charge in [0.05, 0.1) is 17.0 Å². The van der Waals surface area contributed by atoms with Crippen molar-refractivity contribution in [2.24, 2.45) is 5.73 Å². The smallest absolute Gasteiger partial charge is 0.261 e. The minimum atomic E-state index is -0.800. The first-order valence-corrected chi connectivity index (χ1v) is 9.32. The predicted octanol–water partition coefficient (Wildman–Crippen LogP) is 3.02. The van der Waals surface area contributed by atoms with Crippen LogP contribution in [0.4, 0.5) is 0 Å². The molecule has 0 saturated heterocycles. The van der Waals surface area contributed by atoms with E-state index < -0.39 is 6.10 Å². The second kappa shape index (κ2) is 7.37. The highest BCUT2D eigenvalue weighted by molar-refractivity contribution is 5.78. The molecule has 0 radical (unpaired) electrons. The average Bonchev–Trinajstić information content (AvgIpc) is 3.53. The first-order valence-electron chi connectivity index (χ1n) is 9.32. The Morgan fingerprint density at radius 2 is 2.00 bits per heavy atom. The van der Waals surface area contributed by atoms with Gasteiger partial charge in [0.2, 0.25) is 0 Å². The Bertz CT molecular complexity index is 1040. The normalized spacial score (nSPS) is 15.4. The van der Waals surface area contributed by atoms with E-state index in [0.717, 1.165) is 25.1 Å². The van der Waals surface area contributed by atoms with Gasteiger partial charge in [-0.05, 0) is 54.8 Å². The summed E-state index contributed by atoms with van der Waals surface area (Å²) in [7, 11) is 0. The molecule has 138 valence electrons. The van der Waals surface area contributed by atoms with Crippen LogP contribution in [0.2, 0.25) is 0 Å². The van der Waals surface area contributed by atoms with Gasteiger partial charge in [-0.25, -0.2) is 4.98 Å². The maximum Gasteiger partial charge on any atom is 0.261 e. The number of hydrogen-bond donors (Lipinski definition) is 2. The third-order valence-electron chi connectivity index (χ3n) is 5.05. The molecule has 1 saturated carbocycles. The van der Waals surface area contributed by atoms with Crippen LogP contribution in [0.15, 0.2) is 65.6 Å². The van der Waals surface area contributed by atoms with Crippen molar-refractivity contribution in [2.45, 2.75) is 37.8 Å². The monoisotopic (exact) mass is 361 g/mol. The van der Waals surface area contributed by atoms with Crippen LogP contribution in [-0.4, -0.2) is 14.7 Å². The number of hydrogen-bond acceptors (Lipinski definition) is 4. The standard InChI is InChI=1S/C22H23N3O2/c23-12-10-20(26)17-8-9-18-19(14-17)24-21(16-6-7-16)25(22(18)27)13-11-15-4-2-1-3-5-15/h1-5,8-10,12,14,16,20,26H,6-7,11,13,23H2/b12-10+. The molecule has 4 rings (SSSR count). The molecular formula is C22H23N3O2. The average molecular weight is 361 g/mol. The summed E-state index contributed by atoms with van der Waals surface area (Å²) in [6, 6.07) is 15.5. The first kappa shape index (κ1) is 17.5. The van der Waals surface area contributed by atoms with Gasteiger partial charge in [-0.3, -0.25) is 9.36 Å². The number of nitrogens with zero attached hydrogens (tertiary/aromatic N) is 2. The lowest BCUT2D eigenvalue weighted by Crippen LogP contribution is -2.26. The Morgan fingerprint density at radius 1 is 1.22 bits per heavy atom. The third-order valence-corrected chi connectivity index (χ3v) is 5.05. The van der Waals surface area contributed by atoms with E-state index in [1.165, 1.54) is 17.8 Å². The van der Waals surface area contributed by atoms with Crippen LogP contribution in [0, 0.1) is 0 Å². The van der Waals surface area contributed by atoms with Crippen molar-refractivity contribution in [3.8, 4) is 0 Å². The quantitative estimate of drug-likeness (QED) is 0.707. The molecule has 0 bridgehead atoms. The molecular weight excluding hydrogens is 338 g/mol.